The zero-order chi connectivity index (χ0) is 10.3. The highest BCUT2D eigenvalue weighted by molar-refractivity contribution is 6.09. The maximum absolute atomic E-state index is 11.8. The molecule has 1 aromatic heterocycles. The summed E-state index contributed by atoms with van der Waals surface area (Å²) in [5, 5.41) is 0.982. The molecule has 1 aliphatic heterocycles. The van der Waals surface area contributed by atoms with E-state index in [1.54, 1.807) is 6.20 Å². The smallest absolute Gasteiger partial charge is 0.172 e. The van der Waals surface area contributed by atoms with E-state index in [4.69, 9.17) is 4.74 Å². The summed E-state index contributed by atoms with van der Waals surface area (Å²) in [5.74, 6) is 0.790. The number of fused-ring (bicyclic) bond motifs is 3. The van der Waals surface area contributed by atoms with Crippen molar-refractivity contribution in [2.45, 2.75) is 6.42 Å². The van der Waals surface area contributed by atoms with Gasteiger partial charge in [0.15, 0.2) is 5.78 Å². The second kappa shape index (κ2) is 3.05. The molecular weight excluding hydrogens is 190 g/mol. The molecule has 1 aliphatic rings. The Morgan fingerprint density at radius 3 is 3.13 bits per heavy atom. The van der Waals surface area contributed by atoms with Gasteiger partial charge in [-0.25, -0.2) is 0 Å². The second-order valence-corrected chi connectivity index (χ2v) is 3.54. The van der Waals surface area contributed by atoms with Crippen LogP contribution in [-0.4, -0.2) is 17.4 Å². The fraction of sp³-hybridized carbons (Fsp3) is 0.167. The van der Waals surface area contributed by atoms with Crippen LogP contribution < -0.4 is 4.74 Å². The number of aromatic nitrogens is 1. The van der Waals surface area contributed by atoms with Crippen molar-refractivity contribution in [1.82, 2.24) is 4.98 Å². The number of hydrogen-bond acceptors (Lipinski definition) is 3. The molecule has 3 heteroatoms. The summed E-state index contributed by atoms with van der Waals surface area (Å²) in [6, 6.07) is 7.59. The van der Waals surface area contributed by atoms with E-state index in [-0.39, 0.29) is 5.78 Å². The van der Waals surface area contributed by atoms with Crippen LogP contribution in [0.2, 0.25) is 0 Å². The number of hydrogen-bond donors (Lipinski definition) is 0. The lowest BCUT2D eigenvalue weighted by atomic mass is 10.0. The molecule has 15 heavy (non-hydrogen) atoms. The van der Waals surface area contributed by atoms with Gasteiger partial charge in [-0.1, -0.05) is 6.07 Å². The molecule has 0 fully saturated rings. The highest BCUT2D eigenvalue weighted by Gasteiger charge is 2.21. The minimum Gasteiger partial charge on any atom is -0.492 e. The molecule has 74 valence electrons. The third-order valence-corrected chi connectivity index (χ3v) is 2.60. The van der Waals surface area contributed by atoms with Crippen LogP contribution in [0.25, 0.3) is 10.9 Å². The Morgan fingerprint density at radius 2 is 2.20 bits per heavy atom. The van der Waals surface area contributed by atoms with Crippen molar-refractivity contribution in [1.29, 1.82) is 0 Å². The molecule has 0 N–H and O–H groups in total. The number of Topliss-reactive ketones (excluding diaryl/α,β-unsaturated/α-hetero) is 1. The molecular formula is C12H9NO2. The predicted molar refractivity (Wildman–Crippen MR) is 56.2 cm³/mol. The van der Waals surface area contributed by atoms with Crippen LogP contribution in [-0.2, 0) is 0 Å². The van der Waals surface area contributed by atoms with Gasteiger partial charge < -0.3 is 4.74 Å². The van der Waals surface area contributed by atoms with E-state index in [9.17, 15) is 4.79 Å². The molecule has 0 radical (unpaired) electrons. The normalized spacial score (nSPS) is 14.8. The largest absolute Gasteiger partial charge is 0.492 e. The van der Waals surface area contributed by atoms with Crippen LogP contribution in [0.15, 0.2) is 30.5 Å². The molecule has 0 unspecified atom stereocenters. The van der Waals surface area contributed by atoms with Gasteiger partial charge in [-0.3, -0.25) is 9.78 Å². The summed E-state index contributed by atoms with van der Waals surface area (Å²) >= 11 is 0. The summed E-state index contributed by atoms with van der Waals surface area (Å²) in [4.78, 5) is 16.0. The monoisotopic (exact) mass is 199 g/mol. The third-order valence-electron chi connectivity index (χ3n) is 2.60. The molecule has 0 bridgehead atoms. The first-order chi connectivity index (χ1) is 7.36. The molecule has 3 rings (SSSR count). The van der Waals surface area contributed by atoms with Gasteiger partial charge >= 0.3 is 0 Å². The first-order valence-corrected chi connectivity index (χ1v) is 4.90. The maximum Gasteiger partial charge on any atom is 0.172 e. The van der Waals surface area contributed by atoms with Gasteiger partial charge in [0.1, 0.15) is 5.75 Å². The second-order valence-electron chi connectivity index (χ2n) is 3.54. The number of carbonyl (C=O) groups is 1. The Kier molecular flexibility index (Phi) is 1.71. The van der Waals surface area contributed by atoms with Gasteiger partial charge in [0.2, 0.25) is 0 Å². The lowest BCUT2D eigenvalue weighted by molar-refractivity contribution is 0.0935. The van der Waals surface area contributed by atoms with E-state index in [0.29, 0.717) is 24.3 Å². The molecule has 2 heterocycles. The lowest BCUT2D eigenvalue weighted by Gasteiger charge is -2.17. The Morgan fingerprint density at radius 1 is 1.27 bits per heavy atom. The Labute approximate surface area is 86.7 Å². The number of rotatable bonds is 0. The first-order valence-electron chi connectivity index (χ1n) is 4.90. The first kappa shape index (κ1) is 8.41. The van der Waals surface area contributed by atoms with Crippen LogP contribution in [0, 0.1) is 0 Å². The SMILES string of the molecule is O=C1CCOc2ccc3cccnc3c21. The number of pyridine rings is 1. The maximum atomic E-state index is 11.8. The topological polar surface area (TPSA) is 39.2 Å². The van der Waals surface area contributed by atoms with E-state index in [1.807, 2.05) is 24.3 Å². The quantitative estimate of drug-likeness (QED) is 0.653. The van der Waals surface area contributed by atoms with E-state index in [2.05, 4.69) is 4.98 Å². The highest BCUT2D eigenvalue weighted by Crippen LogP contribution is 2.30. The third kappa shape index (κ3) is 1.20. The van der Waals surface area contributed by atoms with Crippen LogP contribution in [0.3, 0.4) is 0 Å². The molecule has 1 aromatic carbocycles. The van der Waals surface area contributed by atoms with Crippen molar-refractivity contribution in [2.24, 2.45) is 0 Å². The minimum absolute atomic E-state index is 0.126. The molecule has 0 saturated heterocycles. The Hall–Kier alpha value is -1.90. The van der Waals surface area contributed by atoms with Crippen molar-refractivity contribution < 1.29 is 9.53 Å². The molecule has 3 nitrogen and oxygen atoms in total. The number of carbonyl (C=O) groups excluding carboxylic acids is 1. The van der Waals surface area contributed by atoms with E-state index >= 15 is 0 Å². The zero-order valence-corrected chi connectivity index (χ0v) is 8.06. The van der Waals surface area contributed by atoms with Crippen molar-refractivity contribution in [3.8, 4) is 5.75 Å². The van der Waals surface area contributed by atoms with Gasteiger partial charge in [0.05, 0.1) is 17.7 Å². The molecule has 2 aromatic rings. The fourth-order valence-electron chi connectivity index (χ4n) is 1.90. The summed E-state index contributed by atoms with van der Waals surface area (Å²) in [5.41, 5.74) is 1.39. The molecule has 0 spiro atoms. The standard InChI is InChI=1S/C12H9NO2/c14-9-5-7-15-10-4-3-8-2-1-6-13-12(8)11(9)10/h1-4,6H,5,7H2. The van der Waals surface area contributed by atoms with Crippen molar-refractivity contribution in [3.05, 3.63) is 36.0 Å². The van der Waals surface area contributed by atoms with E-state index in [1.165, 1.54) is 0 Å². The average Bonchev–Trinajstić information content (AvgIpc) is 2.29. The summed E-state index contributed by atoms with van der Waals surface area (Å²) in [6.45, 7) is 0.476. The van der Waals surface area contributed by atoms with Crippen LogP contribution in [0.1, 0.15) is 16.8 Å². The van der Waals surface area contributed by atoms with Crippen LogP contribution in [0.5, 0.6) is 5.75 Å². The van der Waals surface area contributed by atoms with Crippen LogP contribution in [0.4, 0.5) is 0 Å². The average molecular weight is 199 g/mol. The molecule has 0 aliphatic carbocycles. The van der Waals surface area contributed by atoms with Gasteiger partial charge in [-0.05, 0) is 18.2 Å². The van der Waals surface area contributed by atoms with Gasteiger partial charge in [-0.2, -0.15) is 0 Å². The number of ketones is 1. The molecule has 0 amide bonds. The van der Waals surface area contributed by atoms with E-state index < -0.39 is 0 Å². The van der Waals surface area contributed by atoms with Gasteiger partial charge in [0, 0.05) is 18.0 Å². The minimum atomic E-state index is 0.126. The fourth-order valence-corrected chi connectivity index (χ4v) is 1.90. The molecule has 0 atom stereocenters. The predicted octanol–water partition coefficient (Wildman–Crippen LogP) is 2.20. The number of benzene rings is 1. The zero-order valence-electron chi connectivity index (χ0n) is 8.06. The summed E-state index contributed by atoms with van der Waals surface area (Å²) in [7, 11) is 0. The van der Waals surface area contributed by atoms with E-state index in [0.717, 1.165) is 10.9 Å². The van der Waals surface area contributed by atoms with Gasteiger partial charge in [-0.15, -0.1) is 0 Å². The van der Waals surface area contributed by atoms with Crippen molar-refractivity contribution >= 4 is 16.7 Å². The van der Waals surface area contributed by atoms with Gasteiger partial charge in [0.25, 0.3) is 0 Å². The highest BCUT2D eigenvalue weighted by atomic mass is 16.5. The summed E-state index contributed by atoms with van der Waals surface area (Å²) in [6.07, 6.45) is 2.15. The number of ether oxygens (including phenoxy) is 1. The van der Waals surface area contributed by atoms with Crippen LogP contribution >= 0.6 is 0 Å². The Balaban J connectivity index is 2.40. The Bertz CT molecular complexity index is 548. The van der Waals surface area contributed by atoms with Crippen molar-refractivity contribution in [3.63, 3.8) is 0 Å². The number of nitrogens with zero attached hydrogens (tertiary/aromatic N) is 1. The summed E-state index contributed by atoms with van der Waals surface area (Å²) < 4.78 is 5.44. The van der Waals surface area contributed by atoms with Crippen molar-refractivity contribution in [2.75, 3.05) is 6.61 Å². The molecule has 0 saturated carbocycles. The lowest BCUT2D eigenvalue weighted by Crippen LogP contribution is -2.15.